The summed E-state index contributed by atoms with van der Waals surface area (Å²) >= 11 is 18.5. The molecule has 0 aliphatic carbocycles. The second kappa shape index (κ2) is 9.12. The van der Waals surface area contributed by atoms with Gasteiger partial charge in [0.15, 0.2) is 0 Å². The predicted molar refractivity (Wildman–Crippen MR) is 136 cm³/mol. The van der Waals surface area contributed by atoms with Crippen LogP contribution < -0.4 is 4.90 Å². The van der Waals surface area contributed by atoms with E-state index in [2.05, 4.69) is 26.5 Å². The lowest BCUT2D eigenvalue weighted by Crippen LogP contribution is -2.49. The van der Waals surface area contributed by atoms with Gasteiger partial charge in [-0.05, 0) is 60.7 Å². The Morgan fingerprint density at radius 3 is 1.78 bits per heavy atom. The molecule has 0 spiro atoms. The average molecular weight is 489 g/mol. The van der Waals surface area contributed by atoms with E-state index < -0.39 is 6.10 Å². The number of aliphatic hydroxyl groups is 1. The number of aromatic nitrogens is 1. The van der Waals surface area contributed by atoms with Crippen LogP contribution in [-0.4, -0.2) is 53.4 Å². The second-order valence-corrected chi connectivity index (χ2v) is 9.66. The summed E-state index contributed by atoms with van der Waals surface area (Å²) in [5.41, 5.74) is 3.30. The lowest BCUT2D eigenvalue weighted by atomic mass is 10.1. The number of hydrogen-bond donors (Lipinski definition) is 1. The highest BCUT2D eigenvalue weighted by Crippen LogP contribution is 2.33. The van der Waals surface area contributed by atoms with E-state index in [0.29, 0.717) is 23.1 Å². The van der Waals surface area contributed by atoms with Gasteiger partial charge in [-0.15, -0.1) is 0 Å². The topological polar surface area (TPSA) is 31.6 Å². The number of rotatable bonds is 5. The van der Waals surface area contributed by atoms with Gasteiger partial charge < -0.3 is 14.6 Å². The highest BCUT2D eigenvalue weighted by molar-refractivity contribution is 6.33. The normalized spacial score (nSPS) is 16.2. The van der Waals surface area contributed by atoms with Crippen LogP contribution in [0.5, 0.6) is 0 Å². The van der Waals surface area contributed by atoms with E-state index in [1.54, 1.807) is 0 Å². The van der Waals surface area contributed by atoms with Crippen molar-refractivity contribution >= 4 is 62.3 Å². The first kappa shape index (κ1) is 21.9. The summed E-state index contributed by atoms with van der Waals surface area (Å²) < 4.78 is 2.17. The minimum absolute atomic E-state index is 0.484. The van der Waals surface area contributed by atoms with Gasteiger partial charge in [-0.3, -0.25) is 4.90 Å². The van der Waals surface area contributed by atoms with E-state index in [1.165, 1.54) is 5.69 Å². The number of piperazine rings is 1. The molecule has 0 unspecified atom stereocenters. The first-order valence-corrected chi connectivity index (χ1v) is 11.9. The third-order valence-corrected chi connectivity index (χ3v) is 6.94. The lowest BCUT2D eigenvalue weighted by molar-refractivity contribution is 0.0969. The van der Waals surface area contributed by atoms with Gasteiger partial charge in [0.05, 0.1) is 12.6 Å². The van der Waals surface area contributed by atoms with Crippen LogP contribution in [0.25, 0.3) is 21.8 Å². The summed E-state index contributed by atoms with van der Waals surface area (Å²) in [5, 5.41) is 15.2. The van der Waals surface area contributed by atoms with Crippen LogP contribution in [0.4, 0.5) is 5.69 Å². The zero-order valence-corrected chi connectivity index (χ0v) is 19.8. The van der Waals surface area contributed by atoms with Gasteiger partial charge in [0.1, 0.15) is 0 Å². The number of anilines is 1. The van der Waals surface area contributed by atoms with Crippen molar-refractivity contribution in [3.63, 3.8) is 0 Å². The molecule has 5 rings (SSSR count). The number of nitrogens with zero attached hydrogens (tertiary/aromatic N) is 3. The Morgan fingerprint density at radius 1 is 0.688 bits per heavy atom. The van der Waals surface area contributed by atoms with Crippen LogP contribution in [-0.2, 0) is 6.54 Å². The van der Waals surface area contributed by atoms with Crippen LogP contribution in [0.1, 0.15) is 0 Å². The van der Waals surface area contributed by atoms with E-state index in [9.17, 15) is 5.11 Å². The van der Waals surface area contributed by atoms with Crippen LogP contribution in [0, 0.1) is 0 Å². The SMILES string of the molecule is O[C@@H](CN1CCN(c2ccc(Cl)cc2)CC1)Cn1c2ccc(Cl)cc2c2cc(Cl)ccc21. The molecule has 3 aromatic carbocycles. The number of hydrogen-bond acceptors (Lipinski definition) is 3. The first-order chi connectivity index (χ1) is 15.5. The standard InChI is InChI=1S/C25H24Cl3N3O/c26-17-1-5-20(6-2-17)30-11-9-29(10-12-30)15-21(32)16-31-24-7-3-18(27)13-22(24)23-14-19(28)4-8-25(23)31/h1-8,13-14,21,32H,9-12,15-16H2/t21-/m0/s1. The molecule has 1 saturated heterocycles. The molecule has 4 aromatic rings. The Bertz CT molecular complexity index is 1190. The maximum Gasteiger partial charge on any atom is 0.0845 e. The van der Waals surface area contributed by atoms with Gasteiger partial charge in [-0.2, -0.15) is 0 Å². The largest absolute Gasteiger partial charge is 0.390 e. The Balaban J connectivity index is 1.29. The van der Waals surface area contributed by atoms with Gasteiger partial charge >= 0.3 is 0 Å². The number of β-amino-alcohol motifs (C(OH)–C–C–N with tert-alkyl or cyclic N) is 1. The smallest absolute Gasteiger partial charge is 0.0845 e. The van der Waals surface area contributed by atoms with Crippen molar-refractivity contribution in [2.75, 3.05) is 37.6 Å². The molecule has 7 heteroatoms. The molecule has 0 amide bonds. The van der Waals surface area contributed by atoms with Gasteiger partial charge in [0.25, 0.3) is 0 Å². The van der Waals surface area contributed by atoms with Crippen molar-refractivity contribution in [1.29, 1.82) is 0 Å². The Morgan fingerprint density at radius 2 is 1.22 bits per heavy atom. The minimum atomic E-state index is -0.484. The summed E-state index contributed by atoms with van der Waals surface area (Å²) in [4.78, 5) is 4.69. The maximum absolute atomic E-state index is 11.0. The summed E-state index contributed by atoms with van der Waals surface area (Å²) in [5.74, 6) is 0. The molecular weight excluding hydrogens is 465 g/mol. The molecule has 166 valence electrons. The highest BCUT2D eigenvalue weighted by Gasteiger charge is 2.21. The number of aliphatic hydroxyl groups excluding tert-OH is 1. The Hall–Kier alpha value is -1.95. The monoisotopic (exact) mass is 487 g/mol. The van der Waals surface area contributed by atoms with E-state index in [1.807, 2.05) is 48.5 Å². The molecule has 0 bridgehead atoms. The fourth-order valence-electron chi connectivity index (χ4n) is 4.65. The van der Waals surface area contributed by atoms with Crippen molar-refractivity contribution < 1.29 is 5.11 Å². The zero-order chi connectivity index (χ0) is 22.2. The van der Waals surface area contributed by atoms with E-state index in [0.717, 1.165) is 53.0 Å². The quantitative estimate of drug-likeness (QED) is 0.377. The van der Waals surface area contributed by atoms with E-state index in [-0.39, 0.29) is 0 Å². The van der Waals surface area contributed by atoms with Crippen LogP contribution in [0.3, 0.4) is 0 Å². The Kier molecular flexibility index (Phi) is 6.24. The van der Waals surface area contributed by atoms with E-state index >= 15 is 0 Å². The summed E-state index contributed by atoms with van der Waals surface area (Å²) in [6.07, 6.45) is -0.484. The molecule has 0 saturated carbocycles. The van der Waals surface area contributed by atoms with Gasteiger partial charge in [-0.25, -0.2) is 0 Å². The van der Waals surface area contributed by atoms with Crippen molar-refractivity contribution in [3.8, 4) is 0 Å². The minimum Gasteiger partial charge on any atom is -0.390 e. The molecule has 1 N–H and O–H groups in total. The molecule has 0 radical (unpaired) electrons. The molecule has 4 nitrogen and oxygen atoms in total. The number of fused-ring (bicyclic) bond motifs is 3. The summed E-state index contributed by atoms with van der Waals surface area (Å²) in [7, 11) is 0. The van der Waals surface area contributed by atoms with Gasteiger partial charge in [-0.1, -0.05) is 34.8 Å². The van der Waals surface area contributed by atoms with Crippen LogP contribution in [0.2, 0.25) is 15.1 Å². The molecule has 1 aliphatic rings. The third-order valence-electron chi connectivity index (χ3n) is 6.22. The number of benzene rings is 3. The van der Waals surface area contributed by atoms with Crippen molar-refractivity contribution in [2.24, 2.45) is 0 Å². The van der Waals surface area contributed by atoms with E-state index in [4.69, 9.17) is 34.8 Å². The Labute approximate surface area is 202 Å². The van der Waals surface area contributed by atoms with Crippen molar-refractivity contribution in [3.05, 3.63) is 75.7 Å². The molecule has 32 heavy (non-hydrogen) atoms. The fourth-order valence-corrected chi connectivity index (χ4v) is 5.12. The van der Waals surface area contributed by atoms with Crippen LogP contribution >= 0.6 is 34.8 Å². The molecule has 2 heterocycles. The molecule has 1 atom stereocenters. The summed E-state index contributed by atoms with van der Waals surface area (Å²) in [6, 6.07) is 19.7. The predicted octanol–water partition coefficient (Wildman–Crippen LogP) is 5.94. The van der Waals surface area contributed by atoms with Gasteiger partial charge in [0, 0.05) is 75.3 Å². The molecule has 1 aliphatic heterocycles. The zero-order valence-electron chi connectivity index (χ0n) is 17.5. The molecule has 1 fully saturated rings. The molecule has 1 aromatic heterocycles. The summed E-state index contributed by atoms with van der Waals surface area (Å²) in [6.45, 7) is 4.84. The van der Waals surface area contributed by atoms with Crippen molar-refractivity contribution in [2.45, 2.75) is 12.6 Å². The highest BCUT2D eigenvalue weighted by atomic mass is 35.5. The molecular formula is C25H24Cl3N3O. The number of halogens is 3. The maximum atomic E-state index is 11.0. The third kappa shape index (κ3) is 4.43. The first-order valence-electron chi connectivity index (χ1n) is 10.8. The van der Waals surface area contributed by atoms with Crippen LogP contribution in [0.15, 0.2) is 60.7 Å². The second-order valence-electron chi connectivity index (χ2n) is 8.35. The average Bonchev–Trinajstić information content (AvgIpc) is 3.07. The van der Waals surface area contributed by atoms with Crippen molar-refractivity contribution in [1.82, 2.24) is 9.47 Å². The van der Waals surface area contributed by atoms with Gasteiger partial charge in [0.2, 0.25) is 0 Å². The lowest BCUT2D eigenvalue weighted by Gasteiger charge is -2.37. The fraction of sp³-hybridized carbons (Fsp3) is 0.280.